The Bertz CT molecular complexity index is 914. The Morgan fingerprint density at radius 2 is 1.86 bits per heavy atom. The van der Waals surface area contributed by atoms with E-state index >= 15 is 0 Å². The van der Waals surface area contributed by atoms with Crippen LogP contribution in [0.2, 0.25) is 0 Å². The Morgan fingerprint density at radius 1 is 1.21 bits per heavy atom. The molecule has 1 atom stereocenters. The summed E-state index contributed by atoms with van der Waals surface area (Å²) in [6.07, 6.45) is -1.58. The summed E-state index contributed by atoms with van der Waals surface area (Å²) >= 11 is 0. The third-order valence-corrected chi connectivity index (χ3v) is 5.01. The molecule has 1 aliphatic rings. The first-order valence-corrected chi connectivity index (χ1v) is 9.30. The van der Waals surface area contributed by atoms with Gasteiger partial charge in [-0.25, -0.2) is 4.39 Å². The van der Waals surface area contributed by atoms with Crippen LogP contribution in [-0.4, -0.2) is 31.2 Å². The van der Waals surface area contributed by atoms with Crippen molar-refractivity contribution in [1.82, 2.24) is 5.32 Å². The van der Waals surface area contributed by atoms with Crippen LogP contribution in [0.1, 0.15) is 22.3 Å². The van der Waals surface area contributed by atoms with Crippen LogP contribution in [0.25, 0.3) is 6.08 Å². The number of amides is 1. The minimum Gasteiger partial charge on any atom is -0.358 e. The molecule has 0 saturated heterocycles. The van der Waals surface area contributed by atoms with Gasteiger partial charge in [0.2, 0.25) is 5.91 Å². The molecular weight excluding hydrogens is 384 g/mol. The highest BCUT2D eigenvalue weighted by molar-refractivity contribution is 5.91. The molecule has 1 N–H and O–H groups in total. The Hall–Kier alpha value is -2.83. The topological polar surface area (TPSA) is 32.3 Å². The third kappa shape index (κ3) is 4.78. The molecule has 0 radical (unpaired) electrons. The first-order chi connectivity index (χ1) is 13.7. The molecule has 2 aromatic rings. The molecule has 3 rings (SSSR count). The van der Waals surface area contributed by atoms with Gasteiger partial charge in [0, 0.05) is 31.3 Å². The molecule has 29 heavy (non-hydrogen) atoms. The first kappa shape index (κ1) is 20.9. The quantitative estimate of drug-likeness (QED) is 0.583. The standard InChI is InChI=1S/C22H22F4N2O/c1-14-11-16(12-15(2)21(14)23)7-8-20(29)27-9-10-28-18-6-4-3-5-17(18)13-19(28)22(24,25)26/h3-8,11-12,19H,9-10,13H2,1-2H3,(H,27,29)/b8-7+. The van der Waals surface area contributed by atoms with Gasteiger partial charge in [-0.15, -0.1) is 0 Å². The normalized spacial score (nSPS) is 16.3. The van der Waals surface area contributed by atoms with Gasteiger partial charge < -0.3 is 10.2 Å². The van der Waals surface area contributed by atoms with Gasteiger partial charge in [-0.3, -0.25) is 4.79 Å². The number of aryl methyl sites for hydroxylation is 2. The Kier molecular flexibility index (Phi) is 5.96. The fourth-order valence-corrected chi connectivity index (χ4v) is 3.62. The third-order valence-electron chi connectivity index (χ3n) is 5.01. The average molecular weight is 406 g/mol. The fraction of sp³-hybridized carbons (Fsp3) is 0.318. The fourth-order valence-electron chi connectivity index (χ4n) is 3.62. The van der Waals surface area contributed by atoms with Gasteiger partial charge in [0.15, 0.2) is 0 Å². The van der Waals surface area contributed by atoms with E-state index in [0.29, 0.717) is 27.9 Å². The molecule has 1 aliphatic heterocycles. The molecule has 1 unspecified atom stereocenters. The molecule has 1 heterocycles. The second-order valence-electron chi connectivity index (χ2n) is 7.18. The first-order valence-electron chi connectivity index (χ1n) is 9.30. The number of fused-ring (bicyclic) bond motifs is 1. The van der Waals surface area contributed by atoms with Gasteiger partial charge in [-0.1, -0.05) is 18.2 Å². The summed E-state index contributed by atoms with van der Waals surface area (Å²) in [4.78, 5) is 13.3. The molecule has 0 spiro atoms. The van der Waals surface area contributed by atoms with Gasteiger partial charge >= 0.3 is 6.18 Å². The molecular formula is C22H22F4N2O. The largest absolute Gasteiger partial charge is 0.409 e. The minimum absolute atomic E-state index is 0.0511. The van der Waals surface area contributed by atoms with Crippen LogP contribution in [0, 0.1) is 19.7 Å². The van der Waals surface area contributed by atoms with Gasteiger partial charge in [-0.2, -0.15) is 13.2 Å². The van der Waals surface area contributed by atoms with Gasteiger partial charge in [0.25, 0.3) is 0 Å². The lowest BCUT2D eigenvalue weighted by Gasteiger charge is -2.29. The SMILES string of the molecule is Cc1cc(/C=C/C(=O)NCCN2c3ccccc3CC2C(F)(F)F)cc(C)c1F. The van der Waals surface area contributed by atoms with E-state index in [2.05, 4.69) is 5.32 Å². The molecule has 0 saturated carbocycles. The molecule has 1 amide bonds. The van der Waals surface area contributed by atoms with E-state index in [1.807, 2.05) is 0 Å². The molecule has 3 nitrogen and oxygen atoms in total. The number of nitrogens with one attached hydrogen (secondary N) is 1. The number of nitrogens with zero attached hydrogens (tertiary/aromatic N) is 1. The van der Waals surface area contributed by atoms with Crippen molar-refractivity contribution in [1.29, 1.82) is 0 Å². The lowest BCUT2D eigenvalue weighted by Crippen LogP contribution is -2.46. The van der Waals surface area contributed by atoms with Crippen molar-refractivity contribution in [2.24, 2.45) is 0 Å². The van der Waals surface area contributed by atoms with E-state index in [4.69, 9.17) is 0 Å². The molecule has 0 bridgehead atoms. The smallest absolute Gasteiger partial charge is 0.358 e. The number of alkyl halides is 3. The van der Waals surface area contributed by atoms with Crippen molar-refractivity contribution >= 4 is 17.7 Å². The maximum atomic E-state index is 13.7. The summed E-state index contributed by atoms with van der Waals surface area (Å²) in [6.45, 7) is 3.41. The van der Waals surface area contributed by atoms with E-state index in [1.165, 1.54) is 11.0 Å². The van der Waals surface area contributed by atoms with Gasteiger partial charge in [0.05, 0.1) is 0 Å². The van der Waals surface area contributed by atoms with E-state index < -0.39 is 18.1 Å². The summed E-state index contributed by atoms with van der Waals surface area (Å²) < 4.78 is 53.8. The summed E-state index contributed by atoms with van der Waals surface area (Å²) in [6, 6.07) is 8.46. The molecule has 0 aliphatic carbocycles. The number of hydrogen-bond acceptors (Lipinski definition) is 2. The Morgan fingerprint density at radius 3 is 2.52 bits per heavy atom. The van der Waals surface area contributed by atoms with Crippen LogP contribution in [0.4, 0.5) is 23.2 Å². The van der Waals surface area contributed by atoms with Crippen molar-refractivity contribution in [3.8, 4) is 0 Å². The average Bonchev–Trinajstić information content (AvgIpc) is 3.03. The monoisotopic (exact) mass is 406 g/mol. The highest BCUT2D eigenvalue weighted by Crippen LogP contribution is 2.39. The Labute approximate surface area is 167 Å². The number of carbonyl (C=O) groups is 1. The van der Waals surface area contributed by atoms with Crippen LogP contribution in [-0.2, 0) is 11.2 Å². The van der Waals surface area contributed by atoms with Crippen LogP contribution in [0.15, 0.2) is 42.5 Å². The van der Waals surface area contributed by atoms with Crippen molar-refractivity contribution in [2.75, 3.05) is 18.0 Å². The summed E-state index contributed by atoms with van der Waals surface area (Å²) in [5.74, 6) is -0.697. The van der Waals surface area contributed by atoms with Crippen LogP contribution < -0.4 is 10.2 Å². The van der Waals surface area contributed by atoms with Gasteiger partial charge in [0.1, 0.15) is 11.9 Å². The van der Waals surface area contributed by atoms with E-state index in [1.54, 1.807) is 56.3 Å². The summed E-state index contributed by atoms with van der Waals surface area (Å²) in [5, 5.41) is 2.61. The van der Waals surface area contributed by atoms with Crippen LogP contribution in [0.5, 0.6) is 0 Å². The number of hydrogen-bond donors (Lipinski definition) is 1. The van der Waals surface area contributed by atoms with Gasteiger partial charge in [-0.05, 0) is 60.4 Å². The number of halogens is 4. The number of para-hydroxylation sites is 1. The molecule has 2 aromatic carbocycles. The zero-order chi connectivity index (χ0) is 21.2. The minimum atomic E-state index is -4.35. The van der Waals surface area contributed by atoms with E-state index in [9.17, 15) is 22.4 Å². The van der Waals surface area contributed by atoms with Crippen LogP contribution in [0.3, 0.4) is 0 Å². The molecule has 154 valence electrons. The number of rotatable bonds is 5. The van der Waals surface area contributed by atoms with Crippen molar-refractivity contribution in [2.45, 2.75) is 32.5 Å². The van der Waals surface area contributed by atoms with Crippen LogP contribution >= 0.6 is 0 Å². The summed E-state index contributed by atoms with van der Waals surface area (Å²) in [7, 11) is 0. The second-order valence-corrected chi connectivity index (χ2v) is 7.18. The zero-order valence-electron chi connectivity index (χ0n) is 16.2. The van der Waals surface area contributed by atoms with E-state index in [0.717, 1.165) is 0 Å². The predicted octanol–water partition coefficient (Wildman–Crippen LogP) is 4.57. The lowest BCUT2D eigenvalue weighted by atomic mass is 10.1. The highest BCUT2D eigenvalue weighted by Gasteiger charge is 2.47. The highest BCUT2D eigenvalue weighted by atomic mass is 19.4. The van der Waals surface area contributed by atoms with Crippen molar-refractivity contribution in [3.63, 3.8) is 0 Å². The van der Waals surface area contributed by atoms with Crippen molar-refractivity contribution < 1.29 is 22.4 Å². The molecule has 7 heteroatoms. The van der Waals surface area contributed by atoms with E-state index in [-0.39, 0.29) is 25.3 Å². The van der Waals surface area contributed by atoms with Crippen molar-refractivity contribution in [3.05, 3.63) is 70.5 Å². The zero-order valence-corrected chi connectivity index (χ0v) is 16.2. The number of anilines is 1. The molecule has 0 aromatic heterocycles. The molecule has 0 fully saturated rings. The summed E-state index contributed by atoms with van der Waals surface area (Å²) in [5.41, 5.74) is 2.86. The maximum absolute atomic E-state index is 13.7. The predicted molar refractivity (Wildman–Crippen MR) is 105 cm³/mol. The number of benzene rings is 2. The number of carbonyl (C=O) groups excluding carboxylic acids is 1. The maximum Gasteiger partial charge on any atom is 0.409 e. The Balaban J connectivity index is 1.60. The lowest BCUT2D eigenvalue weighted by molar-refractivity contribution is -0.146. The second kappa shape index (κ2) is 8.27.